The van der Waals surface area contributed by atoms with E-state index < -0.39 is 0 Å². The van der Waals surface area contributed by atoms with Gasteiger partial charge in [-0.3, -0.25) is 9.69 Å². The summed E-state index contributed by atoms with van der Waals surface area (Å²) in [5.41, 5.74) is 3.01. The van der Waals surface area contributed by atoms with Crippen LogP contribution >= 0.6 is 0 Å². The van der Waals surface area contributed by atoms with Crippen molar-refractivity contribution >= 4 is 5.91 Å². The maximum atomic E-state index is 13.4. The number of benzene rings is 2. The van der Waals surface area contributed by atoms with Gasteiger partial charge in [-0.05, 0) is 48.2 Å². The number of halogens is 1. The van der Waals surface area contributed by atoms with Gasteiger partial charge in [0.05, 0.1) is 0 Å². The summed E-state index contributed by atoms with van der Waals surface area (Å²) in [6, 6.07) is 14.8. The molecule has 1 N–H and O–H groups in total. The lowest BCUT2D eigenvalue weighted by Crippen LogP contribution is -2.48. The topological polar surface area (TPSA) is 35.6 Å². The zero-order valence-electron chi connectivity index (χ0n) is 15.5. The van der Waals surface area contributed by atoms with Gasteiger partial charge in [-0.2, -0.15) is 0 Å². The highest BCUT2D eigenvalue weighted by molar-refractivity contribution is 5.96. The molecule has 0 spiro atoms. The molecule has 0 bridgehead atoms. The molecule has 2 fully saturated rings. The van der Waals surface area contributed by atoms with Crippen LogP contribution in [0.5, 0.6) is 0 Å². The third-order valence-corrected chi connectivity index (χ3v) is 5.65. The van der Waals surface area contributed by atoms with Crippen molar-refractivity contribution in [2.75, 3.05) is 39.3 Å². The van der Waals surface area contributed by atoms with Crippen molar-refractivity contribution in [3.63, 3.8) is 0 Å². The van der Waals surface area contributed by atoms with Crippen LogP contribution in [0.2, 0.25) is 0 Å². The monoisotopic (exact) mass is 367 g/mol. The highest BCUT2D eigenvalue weighted by Crippen LogP contribution is 2.26. The molecule has 5 heteroatoms. The Morgan fingerprint density at radius 3 is 2.63 bits per heavy atom. The van der Waals surface area contributed by atoms with E-state index in [0.29, 0.717) is 19.0 Å². The van der Waals surface area contributed by atoms with Gasteiger partial charge < -0.3 is 10.2 Å². The molecule has 142 valence electrons. The molecule has 0 radical (unpaired) electrons. The summed E-state index contributed by atoms with van der Waals surface area (Å²) in [4.78, 5) is 17.4. The van der Waals surface area contributed by atoms with Crippen molar-refractivity contribution in [3.05, 3.63) is 71.0 Å². The Balaban J connectivity index is 1.39. The van der Waals surface area contributed by atoms with E-state index in [4.69, 9.17) is 0 Å². The number of rotatable bonds is 4. The predicted octanol–water partition coefficient (Wildman–Crippen LogP) is 2.86. The van der Waals surface area contributed by atoms with Crippen LogP contribution in [-0.2, 0) is 6.54 Å². The van der Waals surface area contributed by atoms with Crippen molar-refractivity contribution in [3.8, 4) is 0 Å². The Morgan fingerprint density at radius 2 is 1.89 bits per heavy atom. The Morgan fingerprint density at radius 1 is 1.07 bits per heavy atom. The second-order valence-corrected chi connectivity index (χ2v) is 7.48. The quantitative estimate of drug-likeness (QED) is 0.903. The number of carbonyl (C=O) groups is 1. The van der Waals surface area contributed by atoms with E-state index in [1.807, 2.05) is 29.2 Å². The smallest absolute Gasteiger partial charge is 0.254 e. The van der Waals surface area contributed by atoms with E-state index in [0.717, 1.165) is 50.3 Å². The van der Waals surface area contributed by atoms with Crippen LogP contribution in [0.3, 0.4) is 0 Å². The molecule has 0 aromatic heterocycles. The van der Waals surface area contributed by atoms with Crippen molar-refractivity contribution in [1.29, 1.82) is 0 Å². The molecule has 2 aliphatic heterocycles. The van der Waals surface area contributed by atoms with Crippen LogP contribution in [0.25, 0.3) is 0 Å². The Hall–Kier alpha value is -2.24. The molecule has 2 aromatic carbocycles. The van der Waals surface area contributed by atoms with Gasteiger partial charge in [-0.1, -0.05) is 30.3 Å². The highest BCUT2D eigenvalue weighted by atomic mass is 19.1. The molecule has 0 unspecified atom stereocenters. The van der Waals surface area contributed by atoms with E-state index in [2.05, 4.69) is 16.3 Å². The van der Waals surface area contributed by atoms with Gasteiger partial charge >= 0.3 is 0 Å². The lowest BCUT2D eigenvalue weighted by Gasteiger charge is -2.35. The van der Waals surface area contributed by atoms with Gasteiger partial charge in [0.25, 0.3) is 5.91 Å². The average Bonchev–Trinajstić information content (AvgIpc) is 3.23. The SMILES string of the molecule is O=C(c1ccccc1[C@@H]1CCNC1)N1CCN(Cc2cccc(F)c2)CC1. The molecule has 2 aromatic rings. The van der Waals surface area contributed by atoms with Crippen molar-refractivity contribution in [2.24, 2.45) is 0 Å². The zero-order valence-corrected chi connectivity index (χ0v) is 15.5. The van der Waals surface area contributed by atoms with Crippen LogP contribution in [0.4, 0.5) is 4.39 Å². The Bertz CT molecular complexity index is 796. The molecule has 1 amide bonds. The summed E-state index contributed by atoms with van der Waals surface area (Å²) in [6.45, 7) is 5.75. The summed E-state index contributed by atoms with van der Waals surface area (Å²) in [6.07, 6.45) is 1.09. The summed E-state index contributed by atoms with van der Waals surface area (Å²) in [5.74, 6) is 0.377. The molecule has 2 heterocycles. The van der Waals surface area contributed by atoms with Crippen molar-refractivity contribution < 1.29 is 9.18 Å². The van der Waals surface area contributed by atoms with Gasteiger partial charge in [0.2, 0.25) is 0 Å². The first-order valence-electron chi connectivity index (χ1n) is 9.76. The molecule has 2 saturated heterocycles. The van der Waals surface area contributed by atoms with E-state index in [1.54, 1.807) is 12.1 Å². The van der Waals surface area contributed by atoms with E-state index in [-0.39, 0.29) is 11.7 Å². The van der Waals surface area contributed by atoms with Gasteiger partial charge in [-0.15, -0.1) is 0 Å². The zero-order chi connectivity index (χ0) is 18.6. The molecular weight excluding hydrogens is 341 g/mol. The average molecular weight is 367 g/mol. The summed E-state index contributed by atoms with van der Waals surface area (Å²) >= 11 is 0. The fraction of sp³-hybridized carbons (Fsp3) is 0.409. The normalized spacial score (nSPS) is 20.8. The lowest BCUT2D eigenvalue weighted by molar-refractivity contribution is 0.0627. The fourth-order valence-electron chi connectivity index (χ4n) is 4.14. The van der Waals surface area contributed by atoms with Crippen LogP contribution < -0.4 is 5.32 Å². The number of nitrogens with one attached hydrogen (secondary N) is 1. The lowest BCUT2D eigenvalue weighted by atomic mass is 9.93. The number of carbonyl (C=O) groups excluding carboxylic acids is 1. The minimum absolute atomic E-state index is 0.142. The van der Waals surface area contributed by atoms with Crippen LogP contribution in [0.1, 0.15) is 33.8 Å². The molecule has 27 heavy (non-hydrogen) atoms. The Labute approximate surface area is 160 Å². The van der Waals surface area contributed by atoms with E-state index in [1.165, 1.54) is 11.6 Å². The molecule has 1 atom stereocenters. The first kappa shape index (κ1) is 18.1. The van der Waals surface area contributed by atoms with Crippen LogP contribution in [-0.4, -0.2) is 55.0 Å². The second kappa shape index (κ2) is 8.19. The Kier molecular flexibility index (Phi) is 5.50. The first-order valence-corrected chi connectivity index (χ1v) is 9.76. The van der Waals surface area contributed by atoms with Gasteiger partial charge in [0, 0.05) is 44.8 Å². The second-order valence-electron chi connectivity index (χ2n) is 7.48. The molecule has 0 saturated carbocycles. The maximum absolute atomic E-state index is 13.4. The minimum Gasteiger partial charge on any atom is -0.336 e. The standard InChI is InChI=1S/C22H26FN3O/c23-19-5-3-4-17(14-19)16-25-10-12-26(13-11-25)22(27)21-7-2-1-6-20(21)18-8-9-24-15-18/h1-7,14,18,24H,8-13,15-16H2/t18-/m1/s1. The molecule has 4 rings (SSSR count). The number of amides is 1. The predicted molar refractivity (Wildman–Crippen MR) is 104 cm³/mol. The number of hydrogen-bond acceptors (Lipinski definition) is 3. The van der Waals surface area contributed by atoms with Crippen LogP contribution in [0.15, 0.2) is 48.5 Å². The van der Waals surface area contributed by atoms with Gasteiger partial charge in [0.15, 0.2) is 0 Å². The van der Waals surface area contributed by atoms with E-state index >= 15 is 0 Å². The summed E-state index contributed by atoms with van der Waals surface area (Å²) in [7, 11) is 0. The molecule has 4 nitrogen and oxygen atoms in total. The summed E-state index contributed by atoms with van der Waals surface area (Å²) in [5, 5.41) is 3.39. The van der Waals surface area contributed by atoms with Crippen LogP contribution in [0, 0.1) is 5.82 Å². The fourth-order valence-corrected chi connectivity index (χ4v) is 4.14. The highest BCUT2D eigenvalue weighted by Gasteiger charge is 2.27. The van der Waals surface area contributed by atoms with Gasteiger partial charge in [0.1, 0.15) is 5.82 Å². The van der Waals surface area contributed by atoms with E-state index in [9.17, 15) is 9.18 Å². The number of piperazine rings is 1. The van der Waals surface area contributed by atoms with Crippen molar-refractivity contribution in [1.82, 2.24) is 15.1 Å². The third kappa shape index (κ3) is 4.20. The largest absolute Gasteiger partial charge is 0.336 e. The summed E-state index contributed by atoms with van der Waals surface area (Å²) < 4.78 is 13.4. The molecule has 2 aliphatic rings. The number of nitrogens with zero attached hydrogens (tertiary/aromatic N) is 2. The molecule has 0 aliphatic carbocycles. The maximum Gasteiger partial charge on any atom is 0.254 e. The number of hydrogen-bond donors (Lipinski definition) is 1. The molecular formula is C22H26FN3O. The minimum atomic E-state index is -0.195. The third-order valence-electron chi connectivity index (χ3n) is 5.65. The first-order chi connectivity index (χ1) is 13.2. The van der Waals surface area contributed by atoms with Crippen molar-refractivity contribution in [2.45, 2.75) is 18.9 Å². The van der Waals surface area contributed by atoms with Gasteiger partial charge in [-0.25, -0.2) is 4.39 Å².